The SMILES string of the molecule is CCN1CCOC(CNc2cccc(F)c2[N+](=O)[O-])C1. The Kier molecular flexibility index (Phi) is 4.86. The molecular formula is C13H18FN3O3. The minimum atomic E-state index is -0.834. The molecule has 0 saturated carbocycles. The fourth-order valence-corrected chi connectivity index (χ4v) is 2.26. The van der Waals surface area contributed by atoms with Gasteiger partial charge in [-0.15, -0.1) is 0 Å². The lowest BCUT2D eigenvalue weighted by atomic mass is 10.2. The van der Waals surface area contributed by atoms with E-state index in [-0.39, 0.29) is 11.8 Å². The first-order chi connectivity index (χ1) is 9.61. The van der Waals surface area contributed by atoms with E-state index >= 15 is 0 Å². The van der Waals surface area contributed by atoms with Crippen LogP contribution < -0.4 is 5.32 Å². The van der Waals surface area contributed by atoms with E-state index in [0.29, 0.717) is 13.2 Å². The fourth-order valence-electron chi connectivity index (χ4n) is 2.26. The van der Waals surface area contributed by atoms with Crippen LogP contribution in [0.4, 0.5) is 15.8 Å². The highest BCUT2D eigenvalue weighted by molar-refractivity contribution is 5.61. The third-order valence-electron chi connectivity index (χ3n) is 3.36. The Labute approximate surface area is 116 Å². The number of nitro benzene ring substituents is 1. The van der Waals surface area contributed by atoms with E-state index in [4.69, 9.17) is 4.74 Å². The van der Waals surface area contributed by atoms with Gasteiger partial charge in [0.1, 0.15) is 5.69 Å². The highest BCUT2D eigenvalue weighted by Crippen LogP contribution is 2.27. The first-order valence-corrected chi connectivity index (χ1v) is 6.62. The minimum Gasteiger partial charge on any atom is -0.377 e. The number of hydrogen-bond donors (Lipinski definition) is 1. The number of anilines is 1. The summed E-state index contributed by atoms with van der Waals surface area (Å²) in [6.45, 7) is 5.75. The first kappa shape index (κ1) is 14.7. The Morgan fingerprint density at radius 3 is 3.10 bits per heavy atom. The average Bonchev–Trinajstić information content (AvgIpc) is 2.45. The summed E-state index contributed by atoms with van der Waals surface area (Å²) in [7, 11) is 0. The summed E-state index contributed by atoms with van der Waals surface area (Å²) >= 11 is 0. The first-order valence-electron chi connectivity index (χ1n) is 6.62. The van der Waals surface area contributed by atoms with Crippen LogP contribution in [-0.2, 0) is 4.74 Å². The van der Waals surface area contributed by atoms with Crippen molar-refractivity contribution in [2.45, 2.75) is 13.0 Å². The molecule has 2 rings (SSSR count). The molecule has 0 spiro atoms. The Bertz CT molecular complexity index is 484. The average molecular weight is 283 g/mol. The lowest BCUT2D eigenvalue weighted by molar-refractivity contribution is -0.386. The Morgan fingerprint density at radius 1 is 1.60 bits per heavy atom. The molecule has 1 saturated heterocycles. The van der Waals surface area contributed by atoms with Crippen molar-refractivity contribution in [3.05, 3.63) is 34.1 Å². The van der Waals surface area contributed by atoms with Gasteiger partial charge in [0.25, 0.3) is 0 Å². The van der Waals surface area contributed by atoms with Gasteiger partial charge < -0.3 is 10.1 Å². The quantitative estimate of drug-likeness (QED) is 0.660. The molecule has 7 heteroatoms. The number of nitrogens with one attached hydrogen (secondary N) is 1. The molecule has 0 aromatic heterocycles. The second-order valence-electron chi connectivity index (χ2n) is 4.66. The Hall–Kier alpha value is -1.73. The van der Waals surface area contributed by atoms with Gasteiger partial charge >= 0.3 is 5.69 Å². The normalized spacial score (nSPS) is 19.8. The van der Waals surface area contributed by atoms with E-state index in [2.05, 4.69) is 17.1 Å². The Morgan fingerprint density at radius 2 is 2.40 bits per heavy atom. The maximum Gasteiger partial charge on any atom is 0.327 e. The maximum atomic E-state index is 13.5. The molecule has 1 aliphatic rings. The summed E-state index contributed by atoms with van der Waals surface area (Å²) in [6.07, 6.45) is -0.0495. The second-order valence-corrected chi connectivity index (χ2v) is 4.66. The monoisotopic (exact) mass is 283 g/mol. The molecular weight excluding hydrogens is 265 g/mol. The van der Waals surface area contributed by atoms with Crippen molar-refractivity contribution in [3.8, 4) is 0 Å². The summed E-state index contributed by atoms with van der Waals surface area (Å²) in [5, 5.41) is 13.8. The standard InChI is InChI=1S/C13H18FN3O3/c1-2-16-6-7-20-10(9-16)8-15-12-5-3-4-11(14)13(12)17(18)19/h3-5,10,15H,2,6-9H2,1H3. The van der Waals surface area contributed by atoms with Crippen LogP contribution >= 0.6 is 0 Å². The molecule has 6 nitrogen and oxygen atoms in total. The largest absolute Gasteiger partial charge is 0.377 e. The van der Waals surface area contributed by atoms with E-state index in [1.54, 1.807) is 0 Å². The van der Waals surface area contributed by atoms with Gasteiger partial charge in [-0.1, -0.05) is 13.0 Å². The maximum absolute atomic E-state index is 13.5. The highest BCUT2D eigenvalue weighted by Gasteiger charge is 2.22. The molecule has 0 amide bonds. The predicted octanol–water partition coefficient (Wildman–Crippen LogP) is 1.87. The van der Waals surface area contributed by atoms with Gasteiger partial charge in [0, 0.05) is 19.6 Å². The number of benzene rings is 1. The summed E-state index contributed by atoms with van der Waals surface area (Å²) in [5.74, 6) is -0.834. The highest BCUT2D eigenvalue weighted by atomic mass is 19.1. The van der Waals surface area contributed by atoms with E-state index in [9.17, 15) is 14.5 Å². The summed E-state index contributed by atoms with van der Waals surface area (Å²) in [5.41, 5.74) is -0.331. The van der Waals surface area contributed by atoms with E-state index in [1.807, 2.05) is 0 Å². The molecule has 1 fully saturated rings. The number of nitrogens with zero attached hydrogens (tertiary/aromatic N) is 2. The second kappa shape index (κ2) is 6.62. The van der Waals surface area contributed by atoms with Gasteiger partial charge in [0.2, 0.25) is 5.82 Å². The van der Waals surface area contributed by atoms with Gasteiger partial charge in [-0.05, 0) is 18.7 Å². The predicted molar refractivity (Wildman–Crippen MR) is 73.4 cm³/mol. The topological polar surface area (TPSA) is 67.6 Å². The number of hydrogen-bond acceptors (Lipinski definition) is 5. The van der Waals surface area contributed by atoms with Crippen LogP contribution in [0.2, 0.25) is 0 Å². The summed E-state index contributed by atoms with van der Waals surface area (Å²) < 4.78 is 19.1. The van der Waals surface area contributed by atoms with E-state index in [0.717, 1.165) is 25.7 Å². The van der Waals surface area contributed by atoms with Crippen LogP contribution in [0.15, 0.2) is 18.2 Å². The van der Waals surface area contributed by atoms with Crippen LogP contribution in [0.3, 0.4) is 0 Å². The zero-order chi connectivity index (χ0) is 14.5. The number of rotatable bonds is 5. The van der Waals surface area contributed by atoms with Crippen molar-refractivity contribution in [1.82, 2.24) is 4.90 Å². The van der Waals surface area contributed by atoms with Crippen molar-refractivity contribution in [2.75, 3.05) is 38.1 Å². The molecule has 1 heterocycles. The van der Waals surface area contributed by atoms with E-state index < -0.39 is 16.4 Å². The van der Waals surface area contributed by atoms with Crippen LogP contribution in [0.1, 0.15) is 6.92 Å². The number of para-hydroxylation sites is 1. The number of nitro groups is 1. The van der Waals surface area contributed by atoms with Crippen molar-refractivity contribution in [2.24, 2.45) is 0 Å². The zero-order valence-corrected chi connectivity index (χ0v) is 11.3. The number of halogens is 1. The fraction of sp³-hybridized carbons (Fsp3) is 0.538. The van der Waals surface area contributed by atoms with Gasteiger partial charge in [-0.3, -0.25) is 15.0 Å². The van der Waals surface area contributed by atoms with Crippen LogP contribution in [0, 0.1) is 15.9 Å². The van der Waals surface area contributed by atoms with Crippen molar-refractivity contribution in [3.63, 3.8) is 0 Å². The molecule has 20 heavy (non-hydrogen) atoms. The summed E-state index contributed by atoms with van der Waals surface area (Å²) in [4.78, 5) is 12.4. The minimum absolute atomic E-state index is 0.0495. The van der Waals surface area contributed by atoms with Crippen molar-refractivity contribution < 1.29 is 14.1 Å². The van der Waals surface area contributed by atoms with Crippen molar-refractivity contribution in [1.29, 1.82) is 0 Å². The molecule has 1 atom stereocenters. The molecule has 110 valence electrons. The third kappa shape index (κ3) is 3.43. The van der Waals surface area contributed by atoms with Crippen LogP contribution in [0.5, 0.6) is 0 Å². The number of likely N-dealkylation sites (N-methyl/N-ethyl adjacent to an activating group) is 1. The Balaban J connectivity index is 2.00. The molecule has 1 N–H and O–H groups in total. The van der Waals surface area contributed by atoms with Gasteiger partial charge in [-0.2, -0.15) is 4.39 Å². The molecule has 0 radical (unpaired) electrons. The smallest absolute Gasteiger partial charge is 0.327 e. The van der Waals surface area contributed by atoms with Crippen LogP contribution in [0.25, 0.3) is 0 Å². The molecule has 1 unspecified atom stereocenters. The van der Waals surface area contributed by atoms with Gasteiger partial charge in [-0.25, -0.2) is 0 Å². The number of ether oxygens (including phenoxy) is 1. The van der Waals surface area contributed by atoms with Gasteiger partial charge in [0.15, 0.2) is 0 Å². The van der Waals surface area contributed by atoms with E-state index in [1.165, 1.54) is 12.1 Å². The van der Waals surface area contributed by atoms with Crippen LogP contribution in [-0.4, -0.2) is 48.7 Å². The van der Waals surface area contributed by atoms with Gasteiger partial charge in [0.05, 0.1) is 17.6 Å². The molecule has 0 aliphatic carbocycles. The molecule has 0 bridgehead atoms. The lowest BCUT2D eigenvalue weighted by Crippen LogP contribution is -2.45. The molecule has 1 aromatic carbocycles. The number of morpholine rings is 1. The molecule has 1 aromatic rings. The third-order valence-corrected chi connectivity index (χ3v) is 3.36. The van der Waals surface area contributed by atoms with Crippen molar-refractivity contribution >= 4 is 11.4 Å². The summed E-state index contributed by atoms with van der Waals surface area (Å²) in [6, 6.07) is 4.03. The molecule has 1 aliphatic heterocycles. The lowest BCUT2D eigenvalue weighted by Gasteiger charge is -2.32. The zero-order valence-electron chi connectivity index (χ0n) is 11.3.